The molecule has 2 heterocycles. The van der Waals surface area contributed by atoms with Gasteiger partial charge >= 0.3 is 0 Å². The molecule has 5 aromatic rings. The van der Waals surface area contributed by atoms with Crippen LogP contribution in [-0.2, 0) is 17.9 Å². The fraction of sp³-hybridized carbons (Fsp3) is 0.129. The van der Waals surface area contributed by atoms with Gasteiger partial charge in [0.05, 0.1) is 27.8 Å². The summed E-state index contributed by atoms with van der Waals surface area (Å²) in [4.78, 5) is 8.82. The summed E-state index contributed by atoms with van der Waals surface area (Å²) in [5.41, 5.74) is 2.98. The summed E-state index contributed by atoms with van der Waals surface area (Å²) >= 11 is 6.86. The number of aromatic nitrogens is 2. The van der Waals surface area contributed by atoms with Crippen LogP contribution in [0.4, 0.5) is 15.9 Å². The van der Waals surface area contributed by atoms with Crippen molar-refractivity contribution in [3.8, 4) is 17.1 Å². The smallest absolute Gasteiger partial charge is 0.141 e. The number of ether oxygens (including phenoxy) is 1. The van der Waals surface area contributed by atoms with E-state index in [2.05, 4.69) is 27.2 Å². The number of nitrogens with one attached hydrogen (secondary N) is 2. The molecule has 0 aliphatic rings. The minimum absolute atomic E-state index is 0. The summed E-state index contributed by atoms with van der Waals surface area (Å²) in [6.07, 6.45) is 3.21. The van der Waals surface area contributed by atoms with Crippen molar-refractivity contribution < 1.29 is 17.8 Å². The summed E-state index contributed by atoms with van der Waals surface area (Å²) in [6.45, 7) is 4.43. The van der Waals surface area contributed by atoms with Gasteiger partial charge in [0, 0.05) is 28.5 Å². The average molecular weight is 591 g/mol. The number of hydrogen-bond acceptors (Lipinski definition) is 7. The zero-order chi connectivity index (χ0) is 27.9. The van der Waals surface area contributed by atoms with Crippen LogP contribution in [0.25, 0.3) is 22.2 Å². The van der Waals surface area contributed by atoms with E-state index in [4.69, 9.17) is 20.8 Å². The van der Waals surface area contributed by atoms with Gasteiger partial charge in [-0.3, -0.25) is 5.32 Å². The Bertz CT molecular complexity index is 1720. The van der Waals surface area contributed by atoms with Gasteiger partial charge in [-0.1, -0.05) is 37.2 Å². The molecular formula is C31H28ClFN4O3S. The summed E-state index contributed by atoms with van der Waals surface area (Å²) in [6, 6.07) is 20.6. The maximum absolute atomic E-state index is 13.4. The van der Waals surface area contributed by atoms with Crippen LogP contribution < -0.4 is 15.4 Å². The molecule has 2 N–H and O–H groups in total. The first kappa shape index (κ1) is 29.7. The monoisotopic (exact) mass is 590 g/mol. The molecule has 0 amide bonds. The molecule has 0 saturated heterocycles. The molecule has 5 rings (SSSR count). The summed E-state index contributed by atoms with van der Waals surface area (Å²) < 4.78 is 36.4. The maximum Gasteiger partial charge on any atom is 0.141 e. The fourth-order valence-corrected chi connectivity index (χ4v) is 4.66. The second-order valence-corrected chi connectivity index (χ2v) is 9.62. The molecule has 7 nitrogen and oxygen atoms in total. The average Bonchev–Trinajstić information content (AvgIpc) is 3.45. The third kappa shape index (κ3) is 7.26. The van der Waals surface area contributed by atoms with Crippen molar-refractivity contribution in [3.05, 3.63) is 114 Å². The lowest BCUT2D eigenvalue weighted by Crippen LogP contribution is -2.21. The molecule has 2 aromatic heterocycles. The topological polar surface area (TPSA) is 89.3 Å². The molecule has 1 atom stereocenters. The van der Waals surface area contributed by atoms with Gasteiger partial charge in [0.1, 0.15) is 41.8 Å². The minimum Gasteiger partial charge on any atom is -0.487 e. The van der Waals surface area contributed by atoms with E-state index in [9.17, 15) is 8.60 Å². The van der Waals surface area contributed by atoms with E-state index in [-0.39, 0.29) is 25.9 Å². The molecule has 0 bridgehead atoms. The van der Waals surface area contributed by atoms with E-state index in [0.717, 1.165) is 16.5 Å². The molecule has 0 spiro atoms. The van der Waals surface area contributed by atoms with Gasteiger partial charge in [-0.2, -0.15) is 0 Å². The maximum atomic E-state index is 13.4. The highest BCUT2D eigenvalue weighted by molar-refractivity contribution is 7.64. The molecular weight excluding hydrogens is 563 g/mol. The number of furan rings is 1. The first-order valence-electron chi connectivity index (χ1n) is 12.3. The highest BCUT2D eigenvalue weighted by Gasteiger charge is 2.15. The van der Waals surface area contributed by atoms with Gasteiger partial charge in [0.25, 0.3) is 0 Å². The van der Waals surface area contributed by atoms with Crippen molar-refractivity contribution in [2.75, 3.05) is 11.9 Å². The Balaban J connectivity index is 0.00000387. The Morgan fingerprint density at radius 3 is 2.76 bits per heavy atom. The lowest BCUT2D eigenvalue weighted by atomic mass is 10.1. The molecule has 0 aliphatic carbocycles. The zero-order valence-corrected chi connectivity index (χ0v) is 22.7. The third-order valence-electron chi connectivity index (χ3n) is 6.00. The van der Waals surface area contributed by atoms with Gasteiger partial charge < -0.3 is 14.5 Å². The standard InChI is InChI=1S/C30H24ClFN4O3S.CH4/c1-2-12-33-26(17-40-37)29-11-10-27(39-29)20-6-8-25-23(14-20)30(35-18-34-25)36-22-7-9-28(24(31)15-22)38-16-19-4-3-5-21(32)13-19;/h2-11,13-15,17-18,26,33H,1,12,16H2,(H,34,35,36);1H4. The van der Waals surface area contributed by atoms with Gasteiger partial charge in [-0.25, -0.2) is 18.6 Å². The summed E-state index contributed by atoms with van der Waals surface area (Å²) in [5.74, 6) is 2.01. The van der Waals surface area contributed by atoms with Crippen LogP contribution >= 0.6 is 11.6 Å². The Morgan fingerprint density at radius 1 is 1.10 bits per heavy atom. The minimum atomic E-state index is -0.346. The Morgan fingerprint density at radius 2 is 1.98 bits per heavy atom. The third-order valence-corrected chi connectivity index (χ3v) is 6.68. The predicted molar refractivity (Wildman–Crippen MR) is 165 cm³/mol. The van der Waals surface area contributed by atoms with Crippen molar-refractivity contribution in [2.24, 2.45) is 0 Å². The van der Waals surface area contributed by atoms with Gasteiger partial charge in [-0.05, 0) is 66.2 Å². The lowest BCUT2D eigenvalue weighted by Gasteiger charge is -2.12. The second kappa shape index (κ2) is 13.8. The van der Waals surface area contributed by atoms with Crippen molar-refractivity contribution >= 4 is 50.6 Å². The number of anilines is 2. The molecule has 10 heteroatoms. The van der Waals surface area contributed by atoms with E-state index < -0.39 is 0 Å². The number of fused-ring (bicyclic) bond motifs is 1. The normalized spacial score (nSPS) is 11.4. The predicted octanol–water partition coefficient (Wildman–Crippen LogP) is 7.47. The highest BCUT2D eigenvalue weighted by Crippen LogP contribution is 2.33. The number of rotatable bonds is 11. The first-order chi connectivity index (χ1) is 19.5. The Hall–Kier alpha value is -4.31. The van der Waals surface area contributed by atoms with Crippen molar-refractivity contribution in [1.82, 2.24) is 15.3 Å². The van der Waals surface area contributed by atoms with Crippen LogP contribution in [0, 0.1) is 5.82 Å². The first-order valence-corrected chi connectivity index (χ1v) is 13.5. The molecule has 41 heavy (non-hydrogen) atoms. The second-order valence-electron chi connectivity index (χ2n) is 8.75. The highest BCUT2D eigenvalue weighted by atomic mass is 35.5. The quantitative estimate of drug-likeness (QED) is 0.122. The van der Waals surface area contributed by atoms with E-state index >= 15 is 0 Å². The molecule has 0 radical (unpaired) electrons. The van der Waals surface area contributed by atoms with Crippen LogP contribution in [0.2, 0.25) is 5.02 Å². The van der Waals surface area contributed by atoms with E-state index in [1.54, 1.807) is 30.3 Å². The lowest BCUT2D eigenvalue weighted by molar-refractivity contribution is 0.306. The van der Waals surface area contributed by atoms with Crippen LogP contribution in [0.3, 0.4) is 0 Å². The van der Waals surface area contributed by atoms with E-state index in [1.165, 1.54) is 23.8 Å². The largest absolute Gasteiger partial charge is 0.487 e. The van der Waals surface area contributed by atoms with Crippen LogP contribution in [0.1, 0.15) is 24.8 Å². The SMILES string of the molecule is C.C=CCNC(C=S=O)c1ccc(-c2ccc3ncnc(Nc4ccc(OCc5cccc(F)c5)c(Cl)c4)c3c2)o1. The number of benzene rings is 3. The molecule has 210 valence electrons. The van der Waals surface area contributed by atoms with Crippen molar-refractivity contribution in [1.29, 1.82) is 0 Å². The number of hydrogen-bond donors (Lipinski definition) is 2. The van der Waals surface area contributed by atoms with E-state index in [0.29, 0.717) is 57.2 Å². The van der Waals surface area contributed by atoms with Gasteiger partial charge in [-0.15, -0.1) is 6.58 Å². The molecule has 3 aromatic carbocycles. The van der Waals surface area contributed by atoms with Gasteiger partial charge in [0.15, 0.2) is 0 Å². The summed E-state index contributed by atoms with van der Waals surface area (Å²) in [5, 5.41) is 9.21. The number of halogens is 2. The van der Waals surface area contributed by atoms with Crippen LogP contribution in [-0.4, -0.2) is 26.1 Å². The fourth-order valence-electron chi connectivity index (χ4n) is 4.09. The van der Waals surface area contributed by atoms with Gasteiger partial charge in [0.2, 0.25) is 0 Å². The molecule has 0 saturated carbocycles. The van der Waals surface area contributed by atoms with E-state index in [1.807, 2.05) is 36.4 Å². The Labute approximate surface area is 246 Å². The number of nitrogens with zero attached hydrogens (tertiary/aromatic N) is 2. The Kier molecular flexibility index (Phi) is 10.0. The molecule has 0 fully saturated rings. The molecule has 0 aliphatic heterocycles. The van der Waals surface area contributed by atoms with Crippen molar-refractivity contribution in [2.45, 2.75) is 20.1 Å². The summed E-state index contributed by atoms with van der Waals surface area (Å²) in [7, 11) is 0. The molecule has 1 unspecified atom stereocenters. The van der Waals surface area contributed by atoms with Crippen molar-refractivity contribution in [3.63, 3.8) is 0 Å². The van der Waals surface area contributed by atoms with Crippen LogP contribution in [0.15, 0.2) is 96.2 Å². The van der Waals surface area contributed by atoms with Crippen LogP contribution in [0.5, 0.6) is 5.75 Å². The zero-order valence-electron chi connectivity index (χ0n) is 21.1.